The van der Waals surface area contributed by atoms with E-state index in [9.17, 15) is 17.6 Å². The van der Waals surface area contributed by atoms with E-state index in [0.717, 1.165) is 0 Å². The highest BCUT2D eigenvalue weighted by molar-refractivity contribution is 8.00. The number of rotatable bonds is 5. The highest BCUT2D eigenvalue weighted by Crippen LogP contribution is 2.28. The lowest BCUT2D eigenvalue weighted by Crippen LogP contribution is -2.41. The van der Waals surface area contributed by atoms with Crippen LogP contribution in [0.2, 0.25) is 0 Å². The van der Waals surface area contributed by atoms with E-state index in [1.807, 2.05) is 0 Å². The molecule has 2 atom stereocenters. The molecule has 1 saturated heterocycles. The van der Waals surface area contributed by atoms with Crippen LogP contribution in [0.3, 0.4) is 0 Å². The van der Waals surface area contributed by atoms with Crippen LogP contribution in [0.15, 0.2) is 29.4 Å². The van der Waals surface area contributed by atoms with Crippen LogP contribution in [-0.4, -0.2) is 63.8 Å². The quantitative estimate of drug-likeness (QED) is 0.696. The number of hydrogen-bond donors (Lipinski definition) is 0. The van der Waals surface area contributed by atoms with Crippen LogP contribution in [0.4, 0.5) is 4.39 Å². The highest BCUT2D eigenvalue weighted by atomic mass is 32.2. The molecular formula is C17H21FN4O3S2. The number of halogens is 1. The maximum atomic E-state index is 14.0. The fraction of sp³-hybridized carbons (Fsp3) is 0.471. The SMILES string of the molecule is C[C@@H](Sc1nnc(-c2ccccc2F)n1C)C(=O)N(C)[C@@H]1CCS(=O)(=O)C1. The van der Waals surface area contributed by atoms with Crippen molar-refractivity contribution in [2.24, 2.45) is 7.05 Å². The molecule has 1 aliphatic rings. The van der Waals surface area contributed by atoms with Crippen LogP contribution in [0.1, 0.15) is 13.3 Å². The first-order valence-corrected chi connectivity index (χ1v) is 11.2. The maximum absolute atomic E-state index is 14.0. The van der Waals surface area contributed by atoms with Crippen molar-refractivity contribution in [2.45, 2.75) is 29.8 Å². The van der Waals surface area contributed by atoms with Crippen molar-refractivity contribution in [2.75, 3.05) is 18.6 Å². The second-order valence-electron chi connectivity index (χ2n) is 6.61. The normalized spacial score (nSPS) is 19.8. The largest absolute Gasteiger partial charge is 0.341 e. The summed E-state index contributed by atoms with van der Waals surface area (Å²) in [5, 5.41) is 8.14. The molecular weight excluding hydrogens is 391 g/mol. The van der Waals surface area contributed by atoms with E-state index < -0.39 is 20.9 Å². The topological polar surface area (TPSA) is 85.2 Å². The molecule has 0 unspecified atom stereocenters. The average Bonchev–Trinajstić information content (AvgIpc) is 3.17. The van der Waals surface area contributed by atoms with Gasteiger partial charge in [-0.15, -0.1) is 10.2 Å². The number of benzene rings is 1. The van der Waals surface area contributed by atoms with Gasteiger partial charge in [-0.3, -0.25) is 4.79 Å². The molecule has 10 heteroatoms. The second-order valence-corrected chi connectivity index (χ2v) is 10.1. The number of amides is 1. The fourth-order valence-electron chi connectivity index (χ4n) is 3.05. The van der Waals surface area contributed by atoms with Gasteiger partial charge in [-0.1, -0.05) is 23.9 Å². The van der Waals surface area contributed by atoms with Crippen molar-refractivity contribution in [1.82, 2.24) is 19.7 Å². The molecule has 1 aromatic heterocycles. The van der Waals surface area contributed by atoms with E-state index in [1.54, 1.807) is 43.8 Å². The van der Waals surface area contributed by atoms with Crippen molar-refractivity contribution in [3.8, 4) is 11.4 Å². The Morgan fingerprint density at radius 1 is 1.37 bits per heavy atom. The van der Waals surface area contributed by atoms with E-state index >= 15 is 0 Å². The van der Waals surface area contributed by atoms with E-state index in [1.165, 1.54) is 22.7 Å². The smallest absolute Gasteiger partial charge is 0.235 e. The third-order valence-corrected chi connectivity index (χ3v) is 7.56. The van der Waals surface area contributed by atoms with Crippen molar-refractivity contribution < 1.29 is 17.6 Å². The Morgan fingerprint density at radius 2 is 2.07 bits per heavy atom. The summed E-state index contributed by atoms with van der Waals surface area (Å²) in [6.45, 7) is 1.74. The Balaban J connectivity index is 1.72. The molecule has 0 aliphatic carbocycles. The van der Waals surface area contributed by atoms with Gasteiger partial charge in [0.05, 0.1) is 22.3 Å². The Bertz CT molecular complexity index is 961. The lowest BCUT2D eigenvalue weighted by molar-refractivity contribution is -0.130. The molecule has 2 aromatic rings. The van der Waals surface area contributed by atoms with Gasteiger partial charge in [0.15, 0.2) is 20.8 Å². The number of nitrogens with zero attached hydrogens (tertiary/aromatic N) is 4. The van der Waals surface area contributed by atoms with E-state index in [-0.39, 0.29) is 23.5 Å². The van der Waals surface area contributed by atoms with Crippen LogP contribution in [0.25, 0.3) is 11.4 Å². The van der Waals surface area contributed by atoms with Crippen LogP contribution >= 0.6 is 11.8 Å². The maximum Gasteiger partial charge on any atom is 0.235 e. The van der Waals surface area contributed by atoms with Gasteiger partial charge in [-0.05, 0) is 25.5 Å². The van der Waals surface area contributed by atoms with E-state index in [4.69, 9.17) is 0 Å². The second kappa shape index (κ2) is 7.59. The molecule has 7 nitrogen and oxygen atoms in total. The van der Waals surface area contributed by atoms with Crippen LogP contribution in [0, 0.1) is 5.82 Å². The molecule has 27 heavy (non-hydrogen) atoms. The number of aromatic nitrogens is 3. The van der Waals surface area contributed by atoms with Gasteiger partial charge in [0.1, 0.15) is 5.82 Å². The van der Waals surface area contributed by atoms with Crippen LogP contribution in [-0.2, 0) is 21.7 Å². The Kier molecular flexibility index (Phi) is 5.57. The molecule has 0 bridgehead atoms. The van der Waals surface area contributed by atoms with E-state index in [2.05, 4.69) is 10.2 Å². The minimum absolute atomic E-state index is 0.00796. The average molecular weight is 413 g/mol. The van der Waals surface area contributed by atoms with Crippen molar-refractivity contribution in [1.29, 1.82) is 0 Å². The molecule has 1 amide bonds. The predicted octanol–water partition coefficient (Wildman–Crippen LogP) is 1.75. The third-order valence-electron chi connectivity index (χ3n) is 4.68. The summed E-state index contributed by atoms with van der Waals surface area (Å²) in [6, 6.07) is 6.00. The van der Waals surface area contributed by atoms with Crippen LogP contribution < -0.4 is 0 Å². The highest BCUT2D eigenvalue weighted by Gasteiger charge is 2.34. The number of sulfone groups is 1. The van der Waals surface area contributed by atoms with Gasteiger partial charge >= 0.3 is 0 Å². The van der Waals surface area contributed by atoms with Gasteiger partial charge in [0.25, 0.3) is 0 Å². The summed E-state index contributed by atoms with van der Waals surface area (Å²) in [5.41, 5.74) is 0.339. The standard InChI is InChI=1S/C17H21FN4O3S2/c1-11(16(23)21(2)12-8-9-27(24,25)10-12)26-17-20-19-15(22(17)3)13-6-4-5-7-14(13)18/h4-7,11-12H,8-10H2,1-3H3/t11-,12-/m1/s1. The first kappa shape index (κ1) is 19.8. The lowest BCUT2D eigenvalue weighted by atomic mass is 10.2. The number of thioether (sulfide) groups is 1. The number of carbonyl (C=O) groups excluding carboxylic acids is 1. The van der Waals surface area contributed by atoms with E-state index in [0.29, 0.717) is 23.0 Å². The number of carbonyl (C=O) groups is 1. The van der Waals surface area contributed by atoms with Crippen LogP contribution in [0.5, 0.6) is 0 Å². The van der Waals surface area contributed by atoms with Crippen molar-refractivity contribution >= 4 is 27.5 Å². The van der Waals surface area contributed by atoms with Gasteiger partial charge < -0.3 is 9.47 Å². The summed E-state index contributed by atoms with van der Waals surface area (Å²) in [7, 11) is 0.289. The van der Waals surface area contributed by atoms with Gasteiger partial charge in [-0.2, -0.15) is 0 Å². The van der Waals surface area contributed by atoms with Crippen molar-refractivity contribution in [3.05, 3.63) is 30.1 Å². The molecule has 146 valence electrons. The summed E-state index contributed by atoms with van der Waals surface area (Å²) >= 11 is 1.21. The molecule has 1 aromatic carbocycles. The molecule has 0 N–H and O–H groups in total. The summed E-state index contributed by atoms with van der Waals surface area (Å²) < 4.78 is 38.9. The Morgan fingerprint density at radius 3 is 2.70 bits per heavy atom. The zero-order valence-corrected chi connectivity index (χ0v) is 16.9. The zero-order valence-electron chi connectivity index (χ0n) is 15.3. The van der Waals surface area contributed by atoms with Gasteiger partial charge in [0, 0.05) is 20.1 Å². The summed E-state index contributed by atoms with van der Waals surface area (Å²) in [4.78, 5) is 14.2. The Hall–Kier alpha value is -1.94. The lowest BCUT2D eigenvalue weighted by Gasteiger charge is -2.26. The molecule has 0 radical (unpaired) electrons. The molecule has 1 aliphatic heterocycles. The third kappa shape index (κ3) is 4.16. The molecule has 0 spiro atoms. The van der Waals surface area contributed by atoms with Gasteiger partial charge in [0.2, 0.25) is 5.91 Å². The zero-order chi connectivity index (χ0) is 19.8. The monoisotopic (exact) mass is 412 g/mol. The first-order chi connectivity index (χ1) is 12.7. The van der Waals surface area contributed by atoms with Crippen molar-refractivity contribution in [3.63, 3.8) is 0 Å². The Labute approximate surface area is 161 Å². The minimum Gasteiger partial charge on any atom is -0.341 e. The summed E-state index contributed by atoms with van der Waals surface area (Å²) in [6.07, 6.45) is 0.462. The fourth-order valence-corrected chi connectivity index (χ4v) is 5.74. The molecule has 0 saturated carbocycles. The predicted molar refractivity (Wildman–Crippen MR) is 102 cm³/mol. The number of hydrogen-bond acceptors (Lipinski definition) is 6. The molecule has 2 heterocycles. The summed E-state index contributed by atoms with van der Waals surface area (Å²) in [5.74, 6) is -0.0565. The minimum atomic E-state index is -3.06. The molecule has 1 fully saturated rings. The molecule has 3 rings (SSSR count). The first-order valence-electron chi connectivity index (χ1n) is 8.47. The van der Waals surface area contributed by atoms with Gasteiger partial charge in [-0.25, -0.2) is 12.8 Å².